The second kappa shape index (κ2) is 6.31. The van der Waals surface area contributed by atoms with Crippen molar-refractivity contribution < 1.29 is 18.3 Å². The average molecular weight is 264 g/mol. The molecule has 0 atom stereocenters. The highest BCUT2D eigenvalue weighted by Crippen LogP contribution is 2.18. The number of carbonyl (C=O) groups excluding carboxylic acids is 1. The summed E-state index contributed by atoms with van der Waals surface area (Å²) in [5.74, 6) is 0. The van der Waals surface area contributed by atoms with E-state index in [4.69, 9.17) is 4.74 Å². The summed E-state index contributed by atoms with van der Waals surface area (Å²) in [5.41, 5.74) is -0.662. The van der Waals surface area contributed by atoms with Gasteiger partial charge in [-0.1, -0.05) is 0 Å². The van der Waals surface area contributed by atoms with Gasteiger partial charge in [-0.05, 0) is 46.7 Å². The molecule has 18 heavy (non-hydrogen) atoms. The Morgan fingerprint density at radius 3 is 2.39 bits per heavy atom. The third-order valence-electron chi connectivity index (χ3n) is 2.71. The topological polar surface area (TPSA) is 41.6 Å². The molecule has 1 heterocycles. The molecule has 1 saturated heterocycles. The van der Waals surface area contributed by atoms with Crippen molar-refractivity contribution in [2.24, 2.45) is 0 Å². The van der Waals surface area contributed by atoms with E-state index in [1.165, 1.54) is 4.90 Å². The number of nitrogens with zero attached hydrogens (tertiary/aromatic N) is 1. The maximum Gasteiger partial charge on any atom is 0.410 e. The van der Waals surface area contributed by atoms with Crippen LogP contribution in [-0.4, -0.2) is 48.7 Å². The summed E-state index contributed by atoms with van der Waals surface area (Å²) in [6.45, 7) is 6.12. The number of amides is 1. The molecule has 0 spiro atoms. The smallest absolute Gasteiger partial charge is 0.410 e. The molecule has 0 unspecified atom stereocenters. The van der Waals surface area contributed by atoms with Crippen LogP contribution in [-0.2, 0) is 4.74 Å². The Balaban J connectivity index is 2.67. The van der Waals surface area contributed by atoms with Gasteiger partial charge in [0.25, 0.3) is 6.43 Å². The van der Waals surface area contributed by atoms with Crippen LogP contribution in [0.3, 0.4) is 0 Å². The minimum Gasteiger partial charge on any atom is -0.444 e. The van der Waals surface area contributed by atoms with Crippen molar-refractivity contribution in [2.75, 3.05) is 19.6 Å². The molecular formula is C12H22F2N2O2. The third kappa shape index (κ3) is 5.16. The first-order chi connectivity index (χ1) is 8.29. The third-order valence-corrected chi connectivity index (χ3v) is 2.71. The van der Waals surface area contributed by atoms with E-state index < -0.39 is 24.7 Å². The van der Waals surface area contributed by atoms with Gasteiger partial charge in [0, 0.05) is 6.04 Å². The Labute approximate surface area is 107 Å². The fraction of sp³-hybridized carbons (Fsp3) is 0.917. The van der Waals surface area contributed by atoms with Crippen molar-refractivity contribution in [3.63, 3.8) is 0 Å². The van der Waals surface area contributed by atoms with Crippen molar-refractivity contribution in [1.82, 2.24) is 10.2 Å². The summed E-state index contributed by atoms with van der Waals surface area (Å²) >= 11 is 0. The molecule has 1 aliphatic rings. The number of hydrogen-bond acceptors (Lipinski definition) is 3. The molecule has 1 N–H and O–H groups in total. The van der Waals surface area contributed by atoms with Gasteiger partial charge in [-0.3, -0.25) is 4.90 Å². The Hall–Kier alpha value is -0.910. The molecule has 0 aliphatic carbocycles. The normalized spacial score (nSPS) is 17.9. The van der Waals surface area contributed by atoms with Gasteiger partial charge in [-0.15, -0.1) is 0 Å². The van der Waals surface area contributed by atoms with E-state index in [0.717, 1.165) is 13.1 Å². The summed E-state index contributed by atoms with van der Waals surface area (Å²) in [7, 11) is 0. The Kier molecular flexibility index (Phi) is 5.31. The molecule has 1 aliphatic heterocycles. The van der Waals surface area contributed by atoms with E-state index in [1.54, 1.807) is 20.8 Å². The van der Waals surface area contributed by atoms with Gasteiger partial charge in [-0.2, -0.15) is 0 Å². The van der Waals surface area contributed by atoms with Crippen LogP contribution < -0.4 is 5.32 Å². The van der Waals surface area contributed by atoms with E-state index in [1.807, 2.05) is 0 Å². The second-order valence-electron chi connectivity index (χ2n) is 5.50. The highest BCUT2D eigenvalue weighted by Gasteiger charge is 2.31. The zero-order valence-corrected chi connectivity index (χ0v) is 11.2. The van der Waals surface area contributed by atoms with E-state index >= 15 is 0 Å². The SMILES string of the molecule is CC(C)(C)OC(=O)N(CC(F)F)C1CCNCC1. The van der Waals surface area contributed by atoms with E-state index in [9.17, 15) is 13.6 Å². The van der Waals surface area contributed by atoms with Crippen molar-refractivity contribution in [3.05, 3.63) is 0 Å². The van der Waals surface area contributed by atoms with Gasteiger partial charge < -0.3 is 10.1 Å². The molecule has 6 heteroatoms. The molecule has 0 aromatic rings. The van der Waals surface area contributed by atoms with Crippen LogP contribution in [0.2, 0.25) is 0 Å². The lowest BCUT2D eigenvalue weighted by molar-refractivity contribution is -0.00457. The van der Waals surface area contributed by atoms with Crippen LogP contribution >= 0.6 is 0 Å². The van der Waals surface area contributed by atoms with E-state index in [0.29, 0.717) is 12.8 Å². The Bertz CT molecular complexity index is 274. The zero-order valence-electron chi connectivity index (χ0n) is 11.2. The predicted octanol–water partition coefficient (Wildman–Crippen LogP) is 2.24. The second-order valence-corrected chi connectivity index (χ2v) is 5.50. The number of alkyl halides is 2. The number of hydrogen-bond donors (Lipinski definition) is 1. The lowest BCUT2D eigenvalue weighted by Gasteiger charge is -2.35. The van der Waals surface area contributed by atoms with Crippen LogP contribution in [0.4, 0.5) is 13.6 Å². The van der Waals surface area contributed by atoms with Crippen LogP contribution in [0, 0.1) is 0 Å². The first-order valence-electron chi connectivity index (χ1n) is 6.28. The summed E-state index contributed by atoms with van der Waals surface area (Å²) < 4.78 is 30.3. The Morgan fingerprint density at radius 2 is 1.94 bits per heavy atom. The molecule has 0 saturated carbocycles. The predicted molar refractivity (Wildman–Crippen MR) is 64.8 cm³/mol. The van der Waals surface area contributed by atoms with Gasteiger partial charge in [0.2, 0.25) is 0 Å². The Morgan fingerprint density at radius 1 is 1.39 bits per heavy atom. The van der Waals surface area contributed by atoms with Gasteiger partial charge >= 0.3 is 6.09 Å². The first-order valence-corrected chi connectivity index (χ1v) is 6.28. The van der Waals surface area contributed by atoms with Crippen molar-refractivity contribution >= 4 is 6.09 Å². The molecule has 1 fully saturated rings. The summed E-state index contributed by atoms with van der Waals surface area (Å²) in [4.78, 5) is 13.1. The molecule has 0 aromatic carbocycles. The maximum atomic E-state index is 12.6. The number of nitrogens with one attached hydrogen (secondary N) is 1. The number of carbonyl (C=O) groups is 1. The molecule has 1 rings (SSSR count). The van der Waals surface area contributed by atoms with Crippen molar-refractivity contribution in [2.45, 2.75) is 51.7 Å². The summed E-state index contributed by atoms with van der Waals surface area (Å²) in [5, 5.41) is 3.14. The number of piperidine rings is 1. The maximum absolute atomic E-state index is 12.6. The summed E-state index contributed by atoms with van der Waals surface area (Å²) in [6, 6.07) is -0.157. The lowest BCUT2D eigenvalue weighted by atomic mass is 10.1. The van der Waals surface area contributed by atoms with E-state index in [2.05, 4.69) is 5.32 Å². The van der Waals surface area contributed by atoms with Crippen LogP contribution in [0.5, 0.6) is 0 Å². The molecule has 106 valence electrons. The minimum absolute atomic E-state index is 0.157. The van der Waals surface area contributed by atoms with Crippen LogP contribution in [0.1, 0.15) is 33.6 Å². The monoisotopic (exact) mass is 264 g/mol. The lowest BCUT2D eigenvalue weighted by Crippen LogP contribution is -2.49. The highest BCUT2D eigenvalue weighted by atomic mass is 19.3. The van der Waals surface area contributed by atoms with Crippen molar-refractivity contribution in [1.29, 1.82) is 0 Å². The zero-order chi connectivity index (χ0) is 13.8. The highest BCUT2D eigenvalue weighted by molar-refractivity contribution is 5.68. The summed E-state index contributed by atoms with van der Waals surface area (Å²) in [6.07, 6.45) is -1.81. The van der Waals surface area contributed by atoms with E-state index in [-0.39, 0.29) is 6.04 Å². The molecule has 4 nitrogen and oxygen atoms in total. The number of halogens is 2. The largest absolute Gasteiger partial charge is 0.444 e. The molecule has 1 amide bonds. The average Bonchev–Trinajstić information content (AvgIpc) is 2.24. The van der Waals surface area contributed by atoms with Crippen LogP contribution in [0.25, 0.3) is 0 Å². The molecule has 0 aromatic heterocycles. The fourth-order valence-electron chi connectivity index (χ4n) is 1.96. The van der Waals surface area contributed by atoms with Gasteiger partial charge in [0.15, 0.2) is 0 Å². The number of rotatable bonds is 3. The molecule has 0 bridgehead atoms. The van der Waals surface area contributed by atoms with Gasteiger partial charge in [0.05, 0.1) is 6.54 Å². The van der Waals surface area contributed by atoms with Crippen molar-refractivity contribution in [3.8, 4) is 0 Å². The molecule has 0 radical (unpaired) electrons. The minimum atomic E-state index is -2.53. The van der Waals surface area contributed by atoms with Gasteiger partial charge in [0.1, 0.15) is 5.60 Å². The number of ether oxygens (including phenoxy) is 1. The quantitative estimate of drug-likeness (QED) is 0.850. The van der Waals surface area contributed by atoms with Gasteiger partial charge in [-0.25, -0.2) is 13.6 Å². The molecular weight excluding hydrogens is 242 g/mol. The van der Waals surface area contributed by atoms with Crippen LogP contribution in [0.15, 0.2) is 0 Å². The standard InChI is InChI=1S/C12H22F2N2O2/c1-12(2,3)18-11(17)16(8-10(13)14)9-4-6-15-7-5-9/h9-10,15H,4-8H2,1-3H3. The fourth-order valence-corrected chi connectivity index (χ4v) is 1.96. The first kappa shape index (κ1) is 15.1.